The number of hydrogen-bond donors (Lipinski definition) is 1. The molecule has 1 fully saturated rings. The van der Waals surface area contributed by atoms with Gasteiger partial charge in [0.05, 0.1) is 0 Å². The zero-order valence-electron chi connectivity index (χ0n) is 11.0. The first-order valence-electron chi connectivity index (χ1n) is 6.54. The van der Waals surface area contributed by atoms with E-state index in [4.69, 9.17) is 0 Å². The minimum Gasteiger partial charge on any atom is -0.313 e. The van der Waals surface area contributed by atoms with Crippen LogP contribution in [0.25, 0.3) is 0 Å². The van der Waals surface area contributed by atoms with Crippen LogP contribution in [-0.4, -0.2) is 12.6 Å². The smallest absolute Gasteiger partial charge is 0.0178 e. The predicted molar refractivity (Wildman–Crippen MR) is 77.4 cm³/mol. The van der Waals surface area contributed by atoms with Gasteiger partial charge in [-0.25, -0.2) is 0 Å². The molecule has 0 heterocycles. The molecule has 17 heavy (non-hydrogen) atoms. The molecule has 0 aromatic heterocycles. The largest absolute Gasteiger partial charge is 0.313 e. The van der Waals surface area contributed by atoms with Gasteiger partial charge in [0.25, 0.3) is 0 Å². The molecule has 2 atom stereocenters. The first-order valence-corrected chi connectivity index (χ1v) is 7.34. The van der Waals surface area contributed by atoms with Crippen molar-refractivity contribution in [2.24, 2.45) is 5.41 Å². The fourth-order valence-electron chi connectivity index (χ4n) is 2.88. The molecule has 1 aromatic rings. The van der Waals surface area contributed by atoms with Gasteiger partial charge in [-0.3, -0.25) is 0 Å². The standard InChI is InChI=1S/C15H22BrN/c1-4-8-17-14-10-13(15(14,2)3)11-6-5-7-12(16)9-11/h5-7,9,13-14,17H,4,8,10H2,1-3H3. The molecule has 1 saturated carbocycles. The summed E-state index contributed by atoms with van der Waals surface area (Å²) in [6.45, 7) is 8.13. The van der Waals surface area contributed by atoms with Crippen molar-refractivity contribution in [1.29, 1.82) is 0 Å². The maximum atomic E-state index is 3.66. The Morgan fingerprint density at radius 2 is 2.18 bits per heavy atom. The highest BCUT2D eigenvalue weighted by Gasteiger charge is 2.48. The van der Waals surface area contributed by atoms with Gasteiger partial charge >= 0.3 is 0 Å². The Morgan fingerprint density at radius 3 is 2.76 bits per heavy atom. The lowest BCUT2D eigenvalue weighted by Gasteiger charge is -2.53. The van der Waals surface area contributed by atoms with Gasteiger partial charge in [-0.1, -0.05) is 48.8 Å². The molecule has 2 unspecified atom stereocenters. The van der Waals surface area contributed by atoms with E-state index in [1.165, 1.54) is 22.9 Å². The van der Waals surface area contributed by atoms with Crippen LogP contribution in [0, 0.1) is 5.41 Å². The van der Waals surface area contributed by atoms with Crippen LogP contribution in [0.1, 0.15) is 45.1 Å². The Kier molecular flexibility index (Phi) is 3.94. The van der Waals surface area contributed by atoms with Gasteiger partial charge in [-0.15, -0.1) is 0 Å². The first kappa shape index (κ1) is 13.1. The van der Waals surface area contributed by atoms with Crippen LogP contribution in [0.5, 0.6) is 0 Å². The second-order valence-electron chi connectivity index (χ2n) is 5.67. The van der Waals surface area contributed by atoms with Crippen LogP contribution in [0.4, 0.5) is 0 Å². The number of nitrogens with one attached hydrogen (secondary N) is 1. The molecule has 2 rings (SSSR count). The second-order valence-corrected chi connectivity index (χ2v) is 6.59. The molecule has 0 spiro atoms. The average molecular weight is 296 g/mol. The summed E-state index contributed by atoms with van der Waals surface area (Å²) in [7, 11) is 0. The molecule has 0 radical (unpaired) electrons. The van der Waals surface area contributed by atoms with Crippen LogP contribution < -0.4 is 5.32 Å². The monoisotopic (exact) mass is 295 g/mol. The SMILES string of the molecule is CCCNC1CC(c2cccc(Br)c2)C1(C)C. The molecule has 1 aliphatic carbocycles. The van der Waals surface area contributed by atoms with Crippen LogP contribution in [0.15, 0.2) is 28.7 Å². The first-order chi connectivity index (χ1) is 8.05. The van der Waals surface area contributed by atoms with Crippen LogP contribution in [-0.2, 0) is 0 Å². The van der Waals surface area contributed by atoms with E-state index in [-0.39, 0.29) is 0 Å². The number of rotatable bonds is 4. The van der Waals surface area contributed by atoms with Crippen molar-refractivity contribution < 1.29 is 0 Å². The Bertz CT molecular complexity index is 386. The molecule has 2 heteroatoms. The summed E-state index contributed by atoms with van der Waals surface area (Å²) in [4.78, 5) is 0. The third-order valence-corrected chi connectivity index (χ3v) is 4.65. The second kappa shape index (κ2) is 5.11. The van der Waals surface area contributed by atoms with E-state index in [9.17, 15) is 0 Å². The number of halogens is 1. The Hall–Kier alpha value is -0.340. The van der Waals surface area contributed by atoms with Crippen molar-refractivity contribution in [3.8, 4) is 0 Å². The van der Waals surface area contributed by atoms with Gasteiger partial charge in [-0.05, 0) is 48.4 Å². The van der Waals surface area contributed by atoms with E-state index in [0.29, 0.717) is 17.4 Å². The molecule has 0 bridgehead atoms. The van der Waals surface area contributed by atoms with Crippen LogP contribution >= 0.6 is 15.9 Å². The summed E-state index contributed by atoms with van der Waals surface area (Å²) < 4.78 is 1.19. The Morgan fingerprint density at radius 1 is 1.41 bits per heavy atom. The molecule has 1 aromatic carbocycles. The highest BCUT2D eigenvalue weighted by Crippen LogP contribution is 2.52. The average Bonchev–Trinajstić information content (AvgIpc) is 2.28. The van der Waals surface area contributed by atoms with Crippen molar-refractivity contribution in [2.45, 2.75) is 45.6 Å². The van der Waals surface area contributed by atoms with E-state index < -0.39 is 0 Å². The molecule has 0 saturated heterocycles. The lowest BCUT2D eigenvalue weighted by atomic mass is 9.56. The predicted octanol–water partition coefficient (Wildman–Crippen LogP) is 4.33. The van der Waals surface area contributed by atoms with Gasteiger partial charge in [0.15, 0.2) is 0 Å². The Balaban J connectivity index is 2.06. The molecular weight excluding hydrogens is 274 g/mol. The maximum absolute atomic E-state index is 3.66. The van der Waals surface area contributed by atoms with Gasteiger partial charge in [-0.2, -0.15) is 0 Å². The number of benzene rings is 1. The number of hydrogen-bond acceptors (Lipinski definition) is 1. The Labute approximate surface area is 113 Å². The van der Waals surface area contributed by atoms with E-state index in [0.717, 1.165) is 6.54 Å². The third kappa shape index (κ3) is 2.58. The van der Waals surface area contributed by atoms with E-state index in [2.05, 4.69) is 66.3 Å². The van der Waals surface area contributed by atoms with Crippen molar-refractivity contribution >= 4 is 15.9 Å². The van der Waals surface area contributed by atoms with Gasteiger partial charge in [0.2, 0.25) is 0 Å². The maximum Gasteiger partial charge on any atom is 0.0178 e. The van der Waals surface area contributed by atoms with Crippen LogP contribution in [0.3, 0.4) is 0 Å². The van der Waals surface area contributed by atoms with Crippen molar-refractivity contribution in [1.82, 2.24) is 5.32 Å². The molecule has 94 valence electrons. The lowest BCUT2D eigenvalue weighted by molar-refractivity contribution is 0.0694. The molecule has 1 aliphatic rings. The fraction of sp³-hybridized carbons (Fsp3) is 0.600. The van der Waals surface area contributed by atoms with E-state index >= 15 is 0 Å². The summed E-state index contributed by atoms with van der Waals surface area (Å²) in [5.74, 6) is 0.689. The van der Waals surface area contributed by atoms with Crippen molar-refractivity contribution in [2.75, 3.05) is 6.54 Å². The summed E-state index contributed by atoms with van der Waals surface area (Å²) in [5, 5.41) is 3.66. The zero-order valence-corrected chi connectivity index (χ0v) is 12.5. The molecule has 1 nitrogen and oxygen atoms in total. The summed E-state index contributed by atoms with van der Waals surface area (Å²) >= 11 is 3.56. The topological polar surface area (TPSA) is 12.0 Å². The van der Waals surface area contributed by atoms with Crippen molar-refractivity contribution in [3.63, 3.8) is 0 Å². The normalized spacial score (nSPS) is 26.6. The minimum absolute atomic E-state index is 0.371. The fourth-order valence-corrected chi connectivity index (χ4v) is 3.30. The van der Waals surface area contributed by atoms with E-state index in [1.54, 1.807) is 0 Å². The zero-order chi connectivity index (χ0) is 12.5. The summed E-state index contributed by atoms with van der Waals surface area (Å²) in [6.07, 6.45) is 2.48. The summed E-state index contributed by atoms with van der Waals surface area (Å²) in [6, 6.07) is 9.44. The third-order valence-electron chi connectivity index (χ3n) is 4.16. The van der Waals surface area contributed by atoms with Gasteiger partial charge in [0, 0.05) is 10.5 Å². The summed E-state index contributed by atoms with van der Waals surface area (Å²) in [5.41, 5.74) is 1.84. The van der Waals surface area contributed by atoms with Gasteiger partial charge < -0.3 is 5.32 Å². The lowest BCUT2D eigenvalue weighted by Crippen LogP contribution is -2.55. The molecule has 0 amide bonds. The highest BCUT2D eigenvalue weighted by atomic mass is 79.9. The highest BCUT2D eigenvalue weighted by molar-refractivity contribution is 9.10. The van der Waals surface area contributed by atoms with Crippen LogP contribution in [0.2, 0.25) is 0 Å². The van der Waals surface area contributed by atoms with Gasteiger partial charge in [0.1, 0.15) is 0 Å². The van der Waals surface area contributed by atoms with E-state index in [1.807, 2.05) is 0 Å². The molecule has 0 aliphatic heterocycles. The van der Waals surface area contributed by atoms with Crippen molar-refractivity contribution in [3.05, 3.63) is 34.3 Å². The molecule has 1 N–H and O–H groups in total. The minimum atomic E-state index is 0.371. The quantitative estimate of drug-likeness (QED) is 0.872. The molecular formula is C15H22BrN.